The number of hydrogen-bond donors (Lipinski definition) is 2. The molecule has 1 aromatic rings. The van der Waals surface area contributed by atoms with Crippen LogP contribution in [-0.2, 0) is 19.4 Å². The summed E-state index contributed by atoms with van der Waals surface area (Å²) in [5.74, 6) is 0. The maximum absolute atomic E-state index is 11.1. The van der Waals surface area contributed by atoms with Crippen molar-refractivity contribution in [2.75, 3.05) is 13.6 Å². The zero-order valence-electron chi connectivity index (χ0n) is 11.0. The highest BCUT2D eigenvalue weighted by atomic mass is 16.6. The minimum absolute atomic E-state index is 0.0941. The van der Waals surface area contributed by atoms with Crippen LogP contribution >= 0.6 is 0 Å². The molecule has 7 heteroatoms. The molecule has 0 saturated carbocycles. The number of aryl methyl sites for hydroxylation is 1. The van der Waals surface area contributed by atoms with Crippen molar-refractivity contribution in [3.8, 4) is 0 Å². The van der Waals surface area contributed by atoms with Gasteiger partial charge in [-0.05, 0) is 19.9 Å². The molecule has 1 aromatic heterocycles. The molecule has 0 fully saturated rings. The van der Waals surface area contributed by atoms with Gasteiger partial charge < -0.3 is 10.4 Å². The van der Waals surface area contributed by atoms with E-state index in [1.165, 1.54) is 0 Å². The molecule has 18 heavy (non-hydrogen) atoms. The Morgan fingerprint density at radius 1 is 1.50 bits per heavy atom. The topological polar surface area (TPSA) is 93.2 Å². The quantitative estimate of drug-likeness (QED) is 0.547. The molecule has 0 spiro atoms. The lowest BCUT2D eigenvalue weighted by atomic mass is 10.2. The molecule has 2 N–H and O–H groups in total. The average Bonchev–Trinajstić information content (AvgIpc) is 2.66. The fourth-order valence-corrected chi connectivity index (χ4v) is 1.99. The zero-order chi connectivity index (χ0) is 13.7. The number of nitro groups is 1. The van der Waals surface area contributed by atoms with Gasteiger partial charge in [-0.1, -0.05) is 13.8 Å². The summed E-state index contributed by atoms with van der Waals surface area (Å²) < 4.78 is 1.55. The van der Waals surface area contributed by atoms with Crippen LogP contribution in [0.25, 0.3) is 0 Å². The fraction of sp³-hybridized carbons (Fsp3) is 0.727. The Hall–Kier alpha value is -1.47. The van der Waals surface area contributed by atoms with Gasteiger partial charge in [-0.3, -0.25) is 14.8 Å². The number of nitrogens with zero attached hydrogens (tertiary/aromatic N) is 3. The Morgan fingerprint density at radius 3 is 2.61 bits per heavy atom. The van der Waals surface area contributed by atoms with Crippen molar-refractivity contribution in [1.82, 2.24) is 15.1 Å². The van der Waals surface area contributed by atoms with Crippen molar-refractivity contribution >= 4 is 5.69 Å². The van der Waals surface area contributed by atoms with Gasteiger partial charge >= 0.3 is 5.69 Å². The van der Waals surface area contributed by atoms with Crippen LogP contribution in [-0.4, -0.2) is 39.5 Å². The number of rotatable bonds is 7. The number of likely N-dealkylation sites (N-methyl/N-ethyl adjacent to an activating group) is 1. The van der Waals surface area contributed by atoms with E-state index in [9.17, 15) is 15.2 Å². The second kappa shape index (κ2) is 6.46. The van der Waals surface area contributed by atoms with E-state index in [4.69, 9.17) is 0 Å². The van der Waals surface area contributed by atoms with Crippen LogP contribution in [0.3, 0.4) is 0 Å². The molecule has 1 rings (SSSR count). The Morgan fingerprint density at radius 2 is 2.17 bits per heavy atom. The summed E-state index contributed by atoms with van der Waals surface area (Å²) in [6.45, 7) is 4.39. The van der Waals surface area contributed by atoms with Crippen molar-refractivity contribution in [3.63, 3.8) is 0 Å². The molecule has 102 valence electrons. The highest BCUT2D eigenvalue weighted by Gasteiger charge is 2.25. The van der Waals surface area contributed by atoms with Gasteiger partial charge in [-0.2, -0.15) is 5.10 Å². The molecular formula is C11H20N4O3. The number of nitrogens with one attached hydrogen (secondary N) is 1. The van der Waals surface area contributed by atoms with Crippen molar-refractivity contribution < 1.29 is 10.0 Å². The first-order chi connectivity index (χ1) is 8.54. The van der Waals surface area contributed by atoms with E-state index < -0.39 is 6.10 Å². The highest BCUT2D eigenvalue weighted by molar-refractivity contribution is 5.41. The van der Waals surface area contributed by atoms with E-state index in [2.05, 4.69) is 10.4 Å². The minimum Gasteiger partial charge on any atom is -0.390 e. The standard InChI is InChI=1S/C11H20N4O3/c1-4-9-11(15(17)18)10(5-2)14(13-9)7-8(16)6-12-3/h8,12,16H,4-7H2,1-3H3. The second-order valence-electron chi connectivity index (χ2n) is 4.10. The predicted molar refractivity (Wildman–Crippen MR) is 67.6 cm³/mol. The van der Waals surface area contributed by atoms with Crippen molar-refractivity contribution in [2.24, 2.45) is 0 Å². The lowest BCUT2D eigenvalue weighted by Gasteiger charge is -2.11. The molecule has 0 aliphatic rings. The molecule has 0 radical (unpaired) electrons. The van der Waals surface area contributed by atoms with E-state index in [0.29, 0.717) is 30.8 Å². The van der Waals surface area contributed by atoms with Gasteiger partial charge in [-0.25, -0.2) is 0 Å². The summed E-state index contributed by atoms with van der Waals surface area (Å²) in [5.41, 5.74) is 1.15. The lowest BCUT2D eigenvalue weighted by molar-refractivity contribution is -0.386. The van der Waals surface area contributed by atoms with E-state index in [1.807, 2.05) is 13.8 Å². The van der Waals surface area contributed by atoms with Crippen LogP contribution in [0.5, 0.6) is 0 Å². The van der Waals surface area contributed by atoms with Gasteiger partial charge in [-0.15, -0.1) is 0 Å². The summed E-state index contributed by atoms with van der Waals surface area (Å²) in [6.07, 6.45) is 0.429. The number of aliphatic hydroxyl groups is 1. The lowest BCUT2D eigenvalue weighted by Crippen LogP contribution is -2.29. The molecule has 7 nitrogen and oxygen atoms in total. The Bertz CT molecular complexity index is 417. The van der Waals surface area contributed by atoms with Crippen molar-refractivity contribution in [2.45, 2.75) is 39.3 Å². The summed E-state index contributed by atoms with van der Waals surface area (Å²) in [4.78, 5) is 10.7. The average molecular weight is 256 g/mol. The largest absolute Gasteiger partial charge is 0.390 e. The molecule has 1 unspecified atom stereocenters. The van der Waals surface area contributed by atoms with E-state index in [0.717, 1.165) is 0 Å². The van der Waals surface area contributed by atoms with Gasteiger partial charge in [0.1, 0.15) is 11.4 Å². The van der Waals surface area contributed by atoms with Gasteiger partial charge in [0.05, 0.1) is 17.6 Å². The van der Waals surface area contributed by atoms with E-state index in [-0.39, 0.29) is 17.2 Å². The van der Waals surface area contributed by atoms with Gasteiger partial charge in [0, 0.05) is 6.54 Å². The molecule has 0 saturated heterocycles. The number of aliphatic hydroxyl groups excluding tert-OH is 1. The summed E-state index contributed by atoms with van der Waals surface area (Å²) in [6, 6.07) is 0. The molecule has 0 bridgehead atoms. The monoisotopic (exact) mass is 256 g/mol. The van der Waals surface area contributed by atoms with Crippen molar-refractivity contribution in [1.29, 1.82) is 0 Å². The number of aromatic nitrogens is 2. The first-order valence-electron chi connectivity index (χ1n) is 6.10. The Balaban J connectivity index is 3.08. The molecule has 0 aliphatic carbocycles. The van der Waals surface area contributed by atoms with Gasteiger partial charge in [0.2, 0.25) is 0 Å². The van der Waals surface area contributed by atoms with Crippen LogP contribution in [0.15, 0.2) is 0 Å². The van der Waals surface area contributed by atoms with Gasteiger partial charge in [0.25, 0.3) is 0 Å². The second-order valence-corrected chi connectivity index (χ2v) is 4.10. The minimum atomic E-state index is -0.607. The third-order valence-electron chi connectivity index (χ3n) is 2.78. The van der Waals surface area contributed by atoms with Gasteiger partial charge in [0.15, 0.2) is 0 Å². The molecule has 0 aliphatic heterocycles. The molecule has 1 atom stereocenters. The molecule has 0 aromatic carbocycles. The van der Waals surface area contributed by atoms with Crippen LogP contribution < -0.4 is 5.32 Å². The summed E-state index contributed by atoms with van der Waals surface area (Å²) in [5, 5.41) is 27.9. The third-order valence-corrected chi connectivity index (χ3v) is 2.78. The normalized spacial score (nSPS) is 12.7. The molecule has 0 amide bonds. The Kier molecular flexibility index (Phi) is 5.24. The van der Waals surface area contributed by atoms with Crippen LogP contribution in [0.4, 0.5) is 5.69 Å². The third kappa shape index (κ3) is 3.05. The maximum atomic E-state index is 11.1. The first-order valence-corrected chi connectivity index (χ1v) is 6.10. The van der Waals surface area contributed by atoms with Crippen molar-refractivity contribution in [3.05, 3.63) is 21.5 Å². The fourth-order valence-electron chi connectivity index (χ4n) is 1.99. The molecule has 1 heterocycles. The summed E-state index contributed by atoms with van der Waals surface area (Å²) in [7, 11) is 1.74. The number of hydrogen-bond acceptors (Lipinski definition) is 5. The smallest absolute Gasteiger partial charge is 0.313 e. The zero-order valence-corrected chi connectivity index (χ0v) is 11.0. The van der Waals surface area contributed by atoms with E-state index in [1.54, 1.807) is 11.7 Å². The first kappa shape index (κ1) is 14.6. The predicted octanol–water partition coefficient (Wildman–Crippen LogP) is 0.496. The van der Waals surface area contributed by atoms with Crippen LogP contribution in [0.1, 0.15) is 25.2 Å². The maximum Gasteiger partial charge on any atom is 0.313 e. The summed E-state index contributed by atoms with van der Waals surface area (Å²) >= 11 is 0. The molecular weight excluding hydrogens is 236 g/mol. The highest BCUT2D eigenvalue weighted by Crippen LogP contribution is 2.24. The Labute approximate surface area is 106 Å². The van der Waals surface area contributed by atoms with E-state index >= 15 is 0 Å². The van der Waals surface area contributed by atoms with Crippen LogP contribution in [0, 0.1) is 10.1 Å². The SMILES string of the molecule is CCc1nn(CC(O)CNC)c(CC)c1[N+](=O)[O-]. The van der Waals surface area contributed by atoms with Crippen LogP contribution in [0.2, 0.25) is 0 Å².